The van der Waals surface area contributed by atoms with Crippen molar-refractivity contribution in [3.63, 3.8) is 0 Å². The predicted octanol–water partition coefficient (Wildman–Crippen LogP) is 1.05. The Morgan fingerprint density at radius 2 is 1.89 bits per heavy atom. The molecular formula is C7H16N2. The van der Waals surface area contributed by atoms with E-state index in [0.29, 0.717) is 5.92 Å². The molecule has 0 fully saturated rings. The number of nitrogens with two attached hydrogens (primary N) is 1. The zero-order chi connectivity index (χ0) is 7.44. The van der Waals surface area contributed by atoms with Crippen molar-refractivity contribution in [2.24, 2.45) is 11.7 Å². The number of hydrogen-bond acceptors (Lipinski definition) is 2. The van der Waals surface area contributed by atoms with Crippen LogP contribution in [-0.4, -0.2) is 7.05 Å². The fourth-order valence-corrected chi connectivity index (χ4v) is 0.941. The minimum absolute atomic E-state index is 0.500. The average molecular weight is 128 g/mol. The van der Waals surface area contributed by atoms with Crippen LogP contribution in [0.1, 0.15) is 20.8 Å². The van der Waals surface area contributed by atoms with Crippen LogP contribution in [0.5, 0.6) is 0 Å². The Morgan fingerprint density at radius 1 is 1.44 bits per heavy atom. The Labute approximate surface area is 57.1 Å². The smallest absolute Gasteiger partial charge is 0.0317 e. The number of allylic oxidation sites excluding steroid dienone is 2. The molecule has 2 nitrogen and oxygen atoms in total. The SMILES string of the molecule is CN/C(=C(/C)N)C(C)C. The summed E-state index contributed by atoms with van der Waals surface area (Å²) >= 11 is 0. The van der Waals surface area contributed by atoms with Gasteiger partial charge in [-0.2, -0.15) is 0 Å². The zero-order valence-electron chi connectivity index (χ0n) is 6.65. The normalized spacial score (nSPS) is 13.4. The fourth-order valence-electron chi connectivity index (χ4n) is 0.941. The third-order valence-electron chi connectivity index (χ3n) is 1.27. The first kappa shape index (κ1) is 8.34. The summed E-state index contributed by atoms with van der Waals surface area (Å²) in [6.45, 7) is 6.14. The lowest BCUT2D eigenvalue weighted by Crippen LogP contribution is -2.16. The minimum atomic E-state index is 0.500. The van der Waals surface area contributed by atoms with Crippen LogP contribution in [0.3, 0.4) is 0 Å². The van der Waals surface area contributed by atoms with Crippen LogP contribution < -0.4 is 11.1 Å². The highest BCUT2D eigenvalue weighted by Crippen LogP contribution is 2.06. The van der Waals surface area contributed by atoms with E-state index in [4.69, 9.17) is 5.73 Å². The van der Waals surface area contributed by atoms with Crippen molar-refractivity contribution < 1.29 is 0 Å². The summed E-state index contributed by atoms with van der Waals surface area (Å²) in [6, 6.07) is 0. The van der Waals surface area contributed by atoms with Crippen LogP contribution >= 0.6 is 0 Å². The van der Waals surface area contributed by atoms with Crippen molar-refractivity contribution in [2.75, 3.05) is 7.05 Å². The molecule has 0 bridgehead atoms. The molecular weight excluding hydrogens is 112 g/mol. The van der Waals surface area contributed by atoms with E-state index in [1.165, 1.54) is 0 Å². The molecule has 9 heavy (non-hydrogen) atoms. The summed E-state index contributed by atoms with van der Waals surface area (Å²) in [6.07, 6.45) is 0. The van der Waals surface area contributed by atoms with Crippen molar-refractivity contribution in [1.29, 1.82) is 0 Å². The van der Waals surface area contributed by atoms with Gasteiger partial charge in [-0.3, -0.25) is 0 Å². The molecule has 0 aliphatic carbocycles. The van der Waals surface area contributed by atoms with E-state index in [0.717, 1.165) is 11.4 Å². The third-order valence-corrected chi connectivity index (χ3v) is 1.27. The summed E-state index contributed by atoms with van der Waals surface area (Å²) in [7, 11) is 1.89. The molecule has 0 aromatic heterocycles. The molecule has 0 rings (SSSR count). The van der Waals surface area contributed by atoms with Gasteiger partial charge in [0.25, 0.3) is 0 Å². The monoisotopic (exact) mass is 128 g/mol. The Hall–Kier alpha value is -0.660. The molecule has 0 saturated heterocycles. The standard InChI is InChI=1S/C7H16N2/c1-5(2)7(9-4)6(3)8/h5,9H,8H2,1-4H3/b7-6-. The Morgan fingerprint density at radius 3 is 1.89 bits per heavy atom. The van der Waals surface area contributed by atoms with Crippen LogP contribution in [0.15, 0.2) is 11.4 Å². The third kappa shape index (κ3) is 2.40. The predicted molar refractivity (Wildman–Crippen MR) is 40.8 cm³/mol. The van der Waals surface area contributed by atoms with E-state index in [2.05, 4.69) is 19.2 Å². The second-order valence-corrected chi connectivity index (χ2v) is 2.50. The Kier molecular flexibility index (Phi) is 3.13. The minimum Gasteiger partial charge on any atom is -0.401 e. The average Bonchev–Trinajstić information content (AvgIpc) is 1.64. The quantitative estimate of drug-likeness (QED) is 0.583. The first-order valence-corrected chi connectivity index (χ1v) is 3.23. The molecule has 3 N–H and O–H groups in total. The Bertz CT molecular complexity index is 110. The van der Waals surface area contributed by atoms with E-state index >= 15 is 0 Å². The van der Waals surface area contributed by atoms with Gasteiger partial charge in [0.2, 0.25) is 0 Å². The van der Waals surface area contributed by atoms with E-state index in [9.17, 15) is 0 Å². The topological polar surface area (TPSA) is 38.0 Å². The lowest BCUT2D eigenvalue weighted by Gasteiger charge is -2.11. The first-order valence-electron chi connectivity index (χ1n) is 3.23. The molecule has 0 spiro atoms. The molecule has 0 aromatic rings. The van der Waals surface area contributed by atoms with Crippen molar-refractivity contribution in [1.82, 2.24) is 5.32 Å². The molecule has 54 valence electrons. The maximum Gasteiger partial charge on any atom is 0.0317 e. The number of rotatable bonds is 2. The van der Waals surface area contributed by atoms with Crippen LogP contribution in [0.4, 0.5) is 0 Å². The summed E-state index contributed by atoms with van der Waals surface area (Å²) in [5, 5.41) is 3.06. The van der Waals surface area contributed by atoms with Crippen molar-refractivity contribution in [3.8, 4) is 0 Å². The molecule has 2 heteroatoms. The molecule has 0 aliphatic heterocycles. The zero-order valence-corrected chi connectivity index (χ0v) is 6.65. The van der Waals surface area contributed by atoms with Gasteiger partial charge in [0, 0.05) is 18.4 Å². The van der Waals surface area contributed by atoms with Gasteiger partial charge in [0.1, 0.15) is 0 Å². The van der Waals surface area contributed by atoms with Gasteiger partial charge in [-0.1, -0.05) is 13.8 Å². The van der Waals surface area contributed by atoms with E-state index in [1.807, 2.05) is 14.0 Å². The first-order chi connectivity index (χ1) is 4.09. The lowest BCUT2D eigenvalue weighted by atomic mass is 10.1. The molecule has 0 unspecified atom stereocenters. The van der Waals surface area contributed by atoms with E-state index < -0.39 is 0 Å². The molecule has 0 amide bonds. The second-order valence-electron chi connectivity index (χ2n) is 2.50. The molecule has 0 aromatic carbocycles. The molecule has 0 heterocycles. The second kappa shape index (κ2) is 3.38. The summed E-state index contributed by atoms with van der Waals surface area (Å²) in [4.78, 5) is 0. The fraction of sp³-hybridized carbons (Fsp3) is 0.714. The van der Waals surface area contributed by atoms with E-state index in [-0.39, 0.29) is 0 Å². The summed E-state index contributed by atoms with van der Waals surface area (Å²) < 4.78 is 0. The van der Waals surface area contributed by atoms with Gasteiger partial charge >= 0.3 is 0 Å². The Balaban J connectivity index is 4.16. The molecule has 0 radical (unpaired) electrons. The molecule has 0 atom stereocenters. The van der Waals surface area contributed by atoms with Crippen LogP contribution in [0.25, 0.3) is 0 Å². The van der Waals surface area contributed by atoms with Gasteiger partial charge < -0.3 is 11.1 Å². The van der Waals surface area contributed by atoms with Crippen LogP contribution in [-0.2, 0) is 0 Å². The number of hydrogen-bond donors (Lipinski definition) is 2. The van der Waals surface area contributed by atoms with Gasteiger partial charge in [-0.15, -0.1) is 0 Å². The highest BCUT2D eigenvalue weighted by Gasteiger charge is 2.00. The lowest BCUT2D eigenvalue weighted by molar-refractivity contribution is 0.684. The van der Waals surface area contributed by atoms with Gasteiger partial charge in [-0.25, -0.2) is 0 Å². The number of nitrogens with one attached hydrogen (secondary N) is 1. The molecule has 0 aliphatic rings. The van der Waals surface area contributed by atoms with Crippen molar-refractivity contribution in [2.45, 2.75) is 20.8 Å². The van der Waals surface area contributed by atoms with Gasteiger partial charge in [-0.05, 0) is 12.8 Å². The highest BCUT2D eigenvalue weighted by molar-refractivity contribution is 5.07. The summed E-state index contributed by atoms with van der Waals surface area (Å²) in [5.41, 5.74) is 7.58. The summed E-state index contributed by atoms with van der Waals surface area (Å²) in [5.74, 6) is 0.500. The van der Waals surface area contributed by atoms with Gasteiger partial charge in [0.05, 0.1) is 0 Å². The molecule has 0 saturated carbocycles. The maximum atomic E-state index is 5.57. The van der Waals surface area contributed by atoms with Gasteiger partial charge in [0.15, 0.2) is 0 Å². The largest absolute Gasteiger partial charge is 0.401 e. The van der Waals surface area contributed by atoms with Crippen molar-refractivity contribution in [3.05, 3.63) is 11.4 Å². The van der Waals surface area contributed by atoms with Crippen molar-refractivity contribution >= 4 is 0 Å². The van der Waals surface area contributed by atoms with E-state index in [1.54, 1.807) is 0 Å². The highest BCUT2D eigenvalue weighted by atomic mass is 14.9. The maximum absolute atomic E-state index is 5.57. The van der Waals surface area contributed by atoms with Crippen LogP contribution in [0, 0.1) is 5.92 Å². The van der Waals surface area contributed by atoms with Crippen LogP contribution in [0.2, 0.25) is 0 Å².